The van der Waals surface area contributed by atoms with E-state index in [-0.39, 0.29) is 0 Å². The molecule has 0 bridgehead atoms. The standard InChI is InChI=1S/C3H6Br2O2/c4-1-2(6)3(5)7/h2-3,6-7H,1H2. The lowest BCUT2D eigenvalue weighted by atomic mass is 10.5. The Morgan fingerprint density at radius 2 is 1.86 bits per heavy atom. The average molecular weight is 234 g/mol. The second-order valence-corrected chi connectivity index (χ2v) is 2.68. The summed E-state index contributed by atoms with van der Waals surface area (Å²) in [6.45, 7) is 0. The molecule has 0 aliphatic rings. The molecule has 2 N–H and O–H groups in total. The number of aliphatic hydroxyl groups is 2. The van der Waals surface area contributed by atoms with E-state index in [0.717, 1.165) is 0 Å². The van der Waals surface area contributed by atoms with Crippen LogP contribution in [0.25, 0.3) is 0 Å². The number of rotatable bonds is 2. The van der Waals surface area contributed by atoms with Gasteiger partial charge in [0.05, 0.1) is 6.10 Å². The Bertz CT molecular complexity index is 48.2. The molecule has 0 heterocycles. The molecule has 0 rings (SSSR count). The van der Waals surface area contributed by atoms with Gasteiger partial charge in [-0.15, -0.1) is 0 Å². The van der Waals surface area contributed by atoms with Gasteiger partial charge in [-0.2, -0.15) is 0 Å². The van der Waals surface area contributed by atoms with Crippen molar-refractivity contribution in [1.82, 2.24) is 0 Å². The van der Waals surface area contributed by atoms with Crippen LogP contribution in [0.5, 0.6) is 0 Å². The fourth-order valence-corrected chi connectivity index (χ4v) is 1.12. The lowest BCUT2D eigenvalue weighted by molar-refractivity contribution is 0.0958. The van der Waals surface area contributed by atoms with E-state index < -0.39 is 11.1 Å². The third-order valence-electron chi connectivity index (χ3n) is 0.476. The van der Waals surface area contributed by atoms with Gasteiger partial charge < -0.3 is 10.2 Å². The summed E-state index contributed by atoms with van der Waals surface area (Å²) in [6, 6.07) is 0. The fourth-order valence-electron chi connectivity index (χ4n) is 0.0735. The summed E-state index contributed by atoms with van der Waals surface area (Å²) in [5.41, 5.74) is 0. The number of hydrogen-bond donors (Lipinski definition) is 2. The van der Waals surface area contributed by atoms with Crippen molar-refractivity contribution in [1.29, 1.82) is 0 Å². The van der Waals surface area contributed by atoms with E-state index in [0.29, 0.717) is 5.33 Å². The van der Waals surface area contributed by atoms with Crippen molar-refractivity contribution in [2.75, 3.05) is 5.33 Å². The predicted octanol–water partition coefficient (Wildman–Crippen LogP) is 0.456. The molecule has 0 saturated heterocycles. The summed E-state index contributed by atoms with van der Waals surface area (Å²) in [4.78, 5) is 0. The molecule has 0 fully saturated rings. The van der Waals surface area contributed by atoms with Gasteiger partial charge in [0.25, 0.3) is 0 Å². The van der Waals surface area contributed by atoms with Gasteiger partial charge in [-0.25, -0.2) is 0 Å². The first-order chi connectivity index (χ1) is 3.18. The van der Waals surface area contributed by atoms with E-state index >= 15 is 0 Å². The zero-order valence-electron chi connectivity index (χ0n) is 3.51. The van der Waals surface area contributed by atoms with Crippen LogP contribution in [0, 0.1) is 0 Å². The van der Waals surface area contributed by atoms with Crippen LogP contribution in [0.2, 0.25) is 0 Å². The lowest BCUT2D eigenvalue weighted by Gasteiger charge is -2.05. The first-order valence-corrected chi connectivity index (χ1v) is 3.78. The van der Waals surface area contributed by atoms with Crippen molar-refractivity contribution in [2.45, 2.75) is 11.1 Å². The Morgan fingerprint density at radius 3 is 1.86 bits per heavy atom. The maximum Gasteiger partial charge on any atom is 0.135 e. The normalized spacial score (nSPS) is 18.9. The van der Waals surface area contributed by atoms with Crippen molar-refractivity contribution in [2.24, 2.45) is 0 Å². The van der Waals surface area contributed by atoms with E-state index in [1.165, 1.54) is 0 Å². The molecule has 2 atom stereocenters. The second-order valence-electron chi connectivity index (χ2n) is 1.09. The van der Waals surface area contributed by atoms with Gasteiger partial charge >= 0.3 is 0 Å². The summed E-state index contributed by atoms with van der Waals surface area (Å²) < 4.78 is 0. The number of aliphatic hydroxyl groups excluding tert-OH is 2. The van der Waals surface area contributed by atoms with Crippen LogP contribution in [0.4, 0.5) is 0 Å². The van der Waals surface area contributed by atoms with Crippen molar-refractivity contribution in [3.05, 3.63) is 0 Å². The van der Waals surface area contributed by atoms with Crippen molar-refractivity contribution < 1.29 is 10.2 Å². The molecule has 7 heavy (non-hydrogen) atoms. The van der Waals surface area contributed by atoms with Gasteiger partial charge in [-0.1, -0.05) is 31.9 Å². The number of halogens is 2. The minimum Gasteiger partial charge on any atom is -0.389 e. The molecule has 0 saturated carbocycles. The quantitative estimate of drug-likeness (QED) is 0.681. The smallest absolute Gasteiger partial charge is 0.135 e. The van der Waals surface area contributed by atoms with Crippen LogP contribution < -0.4 is 0 Å². The van der Waals surface area contributed by atoms with Gasteiger partial charge in [-0.3, -0.25) is 0 Å². The molecule has 0 aromatic heterocycles. The largest absolute Gasteiger partial charge is 0.389 e. The average Bonchev–Trinajstić information content (AvgIpc) is 1.65. The molecule has 0 spiro atoms. The maximum absolute atomic E-state index is 8.59. The maximum atomic E-state index is 8.59. The summed E-state index contributed by atoms with van der Waals surface area (Å²) in [5, 5.41) is 16.6. The van der Waals surface area contributed by atoms with Crippen LogP contribution in [-0.2, 0) is 0 Å². The van der Waals surface area contributed by atoms with Gasteiger partial charge in [-0.05, 0) is 0 Å². The van der Waals surface area contributed by atoms with E-state index in [2.05, 4.69) is 31.9 Å². The third-order valence-corrected chi connectivity index (χ3v) is 1.75. The Labute approximate surface area is 58.8 Å². The van der Waals surface area contributed by atoms with Crippen LogP contribution in [0.15, 0.2) is 0 Å². The van der Waals surface area contributed by atoms with Crippen molar-refractivity contribution >= 4 is 31.9 Å². The first-order valence-electron chi connectivity index (χ1n) is 1.74. The van der Waals surface area contributed by atoms with Crippen LogP contribution in [-0.4, -0.2) is 26.7 Å². The minimum atomic E-state index is -0.813. The van der Waals surface area contributed by atoms with Gasteiger partial charge in [0, 0.05) is 5.33 Å². The Morgan fingerprint density at radius 1 is 1.43 bits per heavy atom. The minimum absolute atomic E-state index is 0.388. The number of alkyl halides is 2. The van der Waals surface area contributed by atoms with Crippen LogP contribution in [0.1, 0.15) is 0 Å². The monoisotopic (exact) mass is 232 g/mol. The molecule has 2 unspecified atom stereocenters. The highest BCUT2D eigenvalue weighted by atomic mass is 79.9. The van der Waals surface area contributed by atoms with Gasteiger partial charge in [0.15, 0.2) is 0 Å². The molecular formula is C3H6Br2O2. The molecule has 0 aromatic rings. The van der Waals surface area contributed by atoms with Gasteiger partial charge in [0.1, 0.15) is 5.01 Å². The summed E-state index contributed by atoms with van der Waals surface area (Å²) >= 11 is 5.75. The topological polar surface area (TPSA) is 40.5 Å². The zero-order valence-corrected chi connectivity index (χ0v) is 6.68. The SMILES string of the molecule is OC(Br)C(O)CBr. The van der Waals surface area contributed by atoms with E-state index in [9.17, 15) is 0 Å². The molecule has 0 aromatic carbocycles. The molecule has 2 nitrogen and oxygen atoms in total. The third kappa shape index (κ3) is 3.46. The highest BCUT2D eigenvalue weighted by Crippen LogP contribution is 2.02. The molecule has 44 valence electrons. The summed E-state index contributed by atoms with van der Waals surface area (Å²) in [6.07, 6.45) is -0.708. The lowest BCUT2D eigenvalue weighted by Crippen LogP contribution is -2.20. The second kappa shape index (κ2) is 3.83. The predicted molar refractivity (Wildman–Crippen MR) is 34.7 cm³/mol. The van der Waals surface area contributed by atoms with Crippen molar-refractivity contribution in [3.8, 4) is 0 Å². The molecule has 0 aliphatic carbocycles. The van der Waals surface area contributed by atoms with Crippen LogP contribution in [0.3, 0.4) is 0 Å². The zero-order chi connectivity index (χ0) is 5.86. The molecular weight excluding hydrogens is 228 g/mol. The van der Waals surface area contributed by atoms with Crippen molar-refractivity contribution in [3.63, 3.8) is 0 Å². The molecule has 0 aliphatic heterocycles. The summed E-state index contributed by atoms with van der Waals surface area (Å²) in [5.74, 6) is 0. The number of hydrogen-bond acceptors (Lipinski definition) is 2. The molecule has 0 radical (unpaired) electrons. The highest BCUT2D eigenvalue weighted by Gasteiger charge is 2.08. The molecule has 0 amide bonds. The van der Waals surface area contributed by atoms with Crippen LogP contribution >= 0.6 is 31.9 Å². The van der Waals surface area contributed by atoms with E-state index in [1.807, 2.05) is 0 Å². The summed E-state index contributed by atoms with van der Waals surface area (Å²) in [7, 11) is 0. The van der Waals surface area contributed by atoms with E-state index in [4.69, 9.17) is 10.2 Å². The Hall–Kier alpha value is 0.880. The fraction of sp³-hybridized carbons (Fsp3) is 1.00. The first kappa shape index (κ1) is 7.88. The van der Waals surface area contributed by atoms with Gasteiger partial charge in [0.2, 0.25) is 0 Å². The molecule has 4 heteroatoms. The van der Waals surface area contributed by atoms with E-state index in [1.54, 1.807) is 0 Å². The Kier molecular flexibility index (Phi) is 4.31. The Balaban J connectivity index is 3.14. The highest BCUT2D eigenvalue weighted by molar-refractivity contribution is 9.10.